The lowest BCUT2D eigenvalue weighted by Crippen LogP contribution is -2.39. The maximum absolute atomic E-state index is 12.6. The fourth-order valence-corrected chi connectivity index (χ4v) is 3.90. The number of aryl methyl sites for hydroxylation is 1. The maximum atomic E-state index is 12.6. The molecule has 0 radical (unpaired) electrons. The fourth-order valence-electron chi connectivity index (χ4n) is 3.90. The maximum Gasteiger partial charge on any atom is 0.298 e. The summed E-state index contributed by atoms with van der Waals surface area (Å²) < 4.78 is 0. The van der Waals surface area contributed by atoms with Gasteiger partial charge >= 0.3 is 0 Å². The SMILES string of the molecule is CC(=O)N1CCCC(C#CC(=O)N2CCCC(c3ccc(C)cc3)C2)C1. The zero-order chi connectivity index (χ0) is 18.5. The van der Waals surface area contributed by atoms with Crippen molar-refractivity contribution in [3.63, 3.8) is 0 Å². The molecule has 1 aromatic carbocycles. The van der Waals surface area contributed by atoms with Gasteiger partial charge in [0.15, 0.2) is 0 Å². The molecule has 138 valence electrons. The summed E-state index contributed by atoms with van der Waals surface area (Å²) in [6.45, 7) is 6.70. The highest BCUT2D eigenvalue weighted by atomic mass is 16.2. The Kier molecular flexibility index (Phi) is 5.98. The van der Waals surface area contributed by atoms with Crippen LogP contribution in [0, 0.1) is 24.7 Å². The molecule has 2 unspecified atom stereocenters. The number of hydrogen-bond donors (Lipinski definition) is 0. The van der Waals surface area contributed by atoms with Crippen molar-refractivity contribution in [2.75, 3.05) is 26.2 Å². The van der Waals surface area contributed by atoms with Crippen LogP contribution in [0.25, 0.3) is 0 Å². The van der Waals surface area contributed by atoms with Crippen molar-refractivity contribution < 1.29 is 9.59 Å². The Morgan fingerprint density at radius 1 is 1.00 bits per heavy atom. The van der Waals surface area contributed by atoms with E-state index in [0.29, 0.717) is 12.5 Å². The number of carbonyl (C=O) groups is 2. The molecule has 0 N–H and O–H groups in total. The van der Waals surface area contributed by atoms with Gasteiger partial charge in [0.25, 0.3) is 5.91 Å². The predicted molar refractivity (Wildman–Crippen MR) is 102 cm³/mol. The Hall–Kier alpha value is -2.28. The zero-order valence-electron chi connectivity index (χ0n) is 15.8. The topological polar surface area (TPSA) is 40.6 Å². The lowest BCUT2D eigenvalue weighted by atomic mass is 9.90. The molecule has 2 aliphatic rings. The Labute approximate surface area is 156 Å². The van der Waals surface area contributed by atoms with Crippen LogP contribution < -0.4 is 0 Å². The van der Waals surface area contributed by atoms with Crippen molar-refractivity contribution in [3.8, 4) is 11.8 Å². The van der Waals surface area contributed by atoms with E-state index in [-0.39, 0.29) is 17.7 Å². The van der Waals surface area contributed by atoms with E-state index in [1.165, 1.54) is 11.1 Å². The molecule has 0 aromatic heterocycles. The third kappa shape index (κ3) is 4.66. The molecule has 2 atom stereocenters. The van der Waals surface area contributed by atoms with Crippen molar-refractivity contribution in [1.29, 1.82) is 0 Å². The van der Waals surface area contributed by atoms with E-state index in [9.17, 15) is 9.59 Å². The van der Waals surface area contributed by atoms with Gasteiger partial charge in [-0.1, -0.05) is 35.7 Å². The first-order valence-electron chi connectivity index (χ1n) is 9.65. The lowest BCUT2D eigenvalue weighted by Gasteiger charge is -2.32. The van der Waals surface area contributed by atoms with E-state index in [0.717, 1.165) is 45.3 Å². The summed E-state index contributed by atoms with van der Waals surface area (Å²) in [5.41, 5.74) is 2.57. The highest BCUT2D eigenvalue weighted by molar-refractivity contribution is 5.93. The molecule has 2 heterocycles. The number of carbonyl (C=O) groups excluding carboxylic acids is 2. The molecule has 4 heteroatoms. The second kappa shape index (κ2) is 8.40. The van der Waals surface area contributed by atoms with E-state index in [4.69, 9.17) is 0 Å². The molecule has 2 saturated heterocycles. The Morgan fingerprint density at radius 3 is 2.42 bits per heavy atom. The van der Waals surface area contributed by atoms with Crippen LogP contribution in [0.5, 0.6) is 0 Å². The van der Waals surface area contributed by atoms with Gasteiger partial charge in [0, 0.05) is 44.9 Å². The quantitative estimate of drug-likeness (QED) is 0.729. The molecular formula is C22H28N2O2. The summed E-state index contributed by atoms with van der Waals surface area (Å²) in [7, 11) is 0. The number of amides is 2. The highest BCUT2D eigenvalue weighted by Gasteiger charge is 2.24. The number of nitrogens with zero attached hydrogens (tertiary/aromatic N) is 2. The van der Waals surface area contributed by atoms with Gasteiger partial charge in [-0.2, -0.15) is 0 Å². The zero-order valence-corrected chi connectivity index (χ0v) is 15.8. The first-order chi connectivity index (χ1) is 12.5. The smallest absolute Gasteiger partial charge is 0.298 e. The minimum absolute atomic E-state index is 0.0678. The van der Waals surface area contributed by atoms with Gasteiger partial charge in [-0.3, -0.25) is 9.59 Å². The van der Waals surface area contributed by atoms with Crippen LogP contribution in [0.15, 0.2) is 24.3 Å². The largest absolute Gasteiger partial charge is 0.342 e. The molecule has 0 spiro atoms. The molecule has 2 aliphatic heterocycles. The van der Waals surface area contributed by atoms with Gasteiger partial charge < -0.3 is 9.80 Å². The molecule has 3 rings (SSSR count). The monoisotopic (exact) mass is 352 g/mol. The number of piperidine rings is 2. The number of likely N-dealkylation sites (tertiary alicyclic amines) is 2. The van der Waals surface area contributed by atoms with E-state index < -0.39 is 0 Å². The van der Waals surface area contributed by atoms with Gasteiger partial charge in [-0.05, 0) is 44.1 Å². The molecule has 26 heavy (non-hydrogen) atoms. The number of rotatable bonds is 1. The minimum Gasteiger partial charge on any atom is -0.342 e. The van der Waals surface area contributed by atoms with Gasteiger partial charge in [0.1, 0.15) is 0 Å². The Balaban J connectivity index is 1.59. The Bertz CT molecular complexity index is 714. The number of hydrogen-bond acceptors (Lipinski definition) is 2. The van der Waals surface area contributed by atoms with Gasteiger partial charge in [-0.25, -0.2) is 0 Å². The van der Waals surface area contributed by atoms with Crippen LogP contribution in [0.2, 0.25) is 0 Å². The number of benzene rings is 1. The average molecular weight is 352 g/mol. The second-order valence-electron chi connectivity index (χ2n) is 7.57. The first-order valence-corrected chi connectivity index (χ1v) is 9.65. The molecule has 0 bridgehead atoms. The van der Waals surface area contributed by atoms with Crippen molar-refractivity contribution in [3.05, 3.63) is 35.4 Å². The summed E-state index contributed by atoms with van der Waals surface area (Å²) >= 11 is 0. The minimum atomic E-state index is -0.0678. The summed E-state index contributed by atoms with van der Waals surface area (Å²) in [6.07, 6.45) is 4.08. The summed E-state index contributed by atoms with van der Waals surface area (Å²) in [5, 5.41) is 0. The van der Waals surface area contributed by atoms with Gasteiger partial charge in [0.05, 0.1) is 0 Å². The molecule has 1 aromatic rings. The summed E-state index contributed by atoms with van der Waals surface area (Å²) in [6, 6.07) is 8.63. The van der Waals surface area contributed by atoms with Gasteiger partial charge in [0.2, 0.25) is 5.91 Å². The molecule has 0 saturated carbocycles. The predicted octanol–water partition coefficient (Wildman–Crippen LogP) is 2.96. The van der Waals surface area contributed by atoms with Crippen LogP contribution in [-0.4, -0.2) is 47.8 Å². The molecule has 0 aliphatic carbocycles. The van der Waals surface area contributed by atoms with Crippen LogP contribution in [0.4, 0.5) is 0 Å². The van der Waals surface area contributed by atoms with Gasteiger partial charge in [-0.15, -0.1) is 0 Å². The van der Waals surface area contributed by atoms with Crippen molar-refractivity contribution >= 4 is 11.8 Å². The van der Waals surface area contributed by atoms with Crippen LogP contribution in [-0.2, 0) is 9.59 Å². The van der Waals surface area contributed by atoms with E-state index in [2.05, 4.69) is 43.0 Å². The normalized spacial score (nSPS) is 23.2. The molecule has 2 fully saturated rings. The van der Waals surface area contributed by atoms with E-state index >= 15 is 0 Å². The van der Waals surface area contributed by atoms with E-state index in [1.54, 1.807) is 6.92 Å². The third-order valence-electron chi connectivity index (χ3n) is 5.51. The van der Waals surface area contributed by atoms with Crippen LogP contribution in [0.3, 0.4) is 0 Å². The average Bonchev–Trinajstić information content (AvgIpc) is 2.67. The van der Waals surface area contributed by atoms with Crippen molar-refractivity contribution in [2.24, 2.45) is 5.92 Å². The summed E-state index contributed by atoms with van der Waals surface area (Å²) in [4.78, 5) is 27.8. The van der Waals surface area contributed by atoms with Crippen molar-refractivity contribution in [1.82, 2.24) is 9.80 Å². The highest BCUT2D eigenvalue weighted by Crippen LogP contribution is 2.27. The lowest BCUT2D eigenvalue weighted by molar-refractivity contribution is -0.130. The Morgan fingerprint density at radius 2 is 1.69 bits per heavy atom. The fraction of sp³-hybridized carbons (Fsp3) is 0.545. The second-order valence-corrected chi connectivity index (χ2v) is 7.57. The van der Waals surface area contributed by atoms with Crippen LogP contribution >= 0.6 is 0 Å². The molecule has 2 amide bonds. The third-order valence-corrected chi connectivity index (χ3v) is 5.51. The molecular weight excluding hydrogens is 324 g/mol. The molecule has 4 nitrogen and oxygen atoms in total. The first kappa shape index (κ1) is 18.5. The van der Waals surface area contributed by atoms with Crippen LogP contribution in [0.1, 0.15) is 49.7 Å². The van der Waals surface area contributed by atoms with Crippen molar-refractivity contribution in [2.45, 2.75) is 45.4 Å². The summed E-state index contributed by atoms with van der Waals surface area (Å²) in [5.74, 6) is 6.54. The standard InChI is InChI=1S/C22H28N2O2/c1-17-7-10-20(11-8-17)21-6-4-14-24(16-21)22(26)12-9-19-5-3-13-23(15-19)18(2)25/h7-8,10-11,19,21H,3-6,13-16H2,1-2H3. The van der Waals surface area contributed by atoms with E-state index in [1.807, 2.05) is 9.80 Å².